The number of primary amides is 1. The molecule has 0 aliphatic heterocycles. The first kappa shape index (κ1) is 7.79. The summed E-state index contributed by atoms with van der Waals surface area (Å²) < 4.78 is 0. The van der Waals surface area contributed by atoms with Gasteiger partial charge in [-0.05, 0) is 0 Å². The molecule has 0 aromatic rings. The lowest BCUT2D eigenvalue weighted by molar-refractivity contribution is -0.117. The van der Waals surface area contributed by atoms with Crippen molar-refractivity contribution in [3.8, 4) is 0 Å². The van der Waals surface area contributed by atoms with Gasteiger partial charge in [0.2, 0.25) is 5.91 Å². The summed E-state index contributed by atoms with van der Waals surface area (Å²) in [6.45, 7) is 3.30. The number of nitrogens with two attached hydrogens (primary N) is 2. The summed E-state index contributed by atoms with van der Waals surface area (Å²) in [7, 11) is 0. The average Bonchev–Trinajstić information content (AvgIpc) is 1.83. The number of allylic oxidation sites excluding steroid dienone is 1. The molecule has 0 aliphatic rings. The van der Waals surface area contributed by atoms with Crippen LogP contribution in [-0.2, 0) is 4.79 Å². The third-order valence-electron chi connectivity index (χ3n) is 0.868. The van der Waals surface area contributed by atoms with Crippen LogP contribution in [0.1, 0.15) is 12.8 Å². The first-order chi connectivity index (χ1) is 4.16. The van der Waals surface area contributed by atoms with Crippen LogP contribution < -0.4 is 11.5 Å². The Morgan fingerprint density at radius 1 is 1.44 bits per heavy atom. The van der Waals surface area contributed by atoms with Gasteiger partial charge in [-0.2, -0.15) is 0 Å². The monoisotopic (exact) mass is 126 g/mol. The summed E-state index contributed by atoms with van der Waals surface area (Å²) in [6.07, 6.45) is 0.729. The lowest BCUT2D eigenvalue weighted by Gasteiger charge is -1.92. The van der Waals surface area contributed by atoms with Crippen LogP contribution in [0.2, 0.25) is 0 Å². The number of hydrogen-bond donors (Lipinski definition) is 2. The molecule has 3 heteroatoms. The SMILES string of the molecule is C=C=C(N)CCC(N)=O. The van der Waals surface area contributed by atoms with Crippen molar-refractivity contribution in [2.24, 2.45) is 11.5 Å². The molecule has 9 heavy (non-hydrogen) atoms. The second kappa shape index (κ2) is 3.75. The number of carbonyl (C=O) groups excluding carboxylic acids is 1. The number of carbonyl (C=O) groups is 1. The van der Waals surface area contributed by atoms with E-state index in [9.17, 15) is 4.79 Å². The minimum Gasteiger partial charge on any atom is -0.396 e. The topological polar surface area (TPSA) is 69.1 Å². The minimum absolute atomic E-state index is 0.272. The molecule has 3 nitrogen and oxygen atoms in total. The maximum Gasteiger partial charge on any atom is 0.217 e. The van der Waals surface area contributed by atoms with Crippen LogP contribution in [0.25, 0.3) is 0 Å². The van der Waals surface area contributed by atoms with Gasteiger partial charge in [0.25, 0.3) is 0 Å². The van der Waals surface area contributed by atoms with Gasteiger partial charge in [-0.25, -0.2) is 0 Å². The Morgan fingerprint density at radius 3 is 2.33 bits per heavy atom. The third kappa shape index (κ3) is 4.65. The van der Waals surface area contributed by atoms with E-state index in [-0.39, 0.29) is 12.3 Å². The summed E-state index contributed by atoms with van der Waals surface area (Å²) in [6, 6.07) is 0. The molecule has 0 atom stereocenters. The summed E-state index contributed by atoms with van der Waals surface area (Å²) in [4.78, 5) is 10.1. The molecule has 0 radical (unpaired) electrons. The molecular formula is C6H10N2O. The van der Waals surface area contributed by atoms with Crippen LogP contribution in [0.5, 0.6) is 0 Å². The highest BCUT2D eigenvalue weighted by atomic mass is 16.1. The minimum atomic E-state index is -0.354. The van der Waals surface area contributed by atoms with Crippen LogP contribution in [0.4, 0.5) is 0 Å². The fraction of sp³-hybridized carbons (Fsp3) is 0.333. The zero-order valence-corrected chi connectivity index (χ0v) is 5.18. The zero-order chi connectivity index (χ0) is 7.28. The van der Waals surface area contributed by atoms with E-state index in [1.807, 2.05) is 0 Å². The zero-order valence-electron chi connectivity index (χ0n) is 5.18. The fourth-order valence-corrected chi connectivity index (χ4v) is 0.346. The van der Waals surface area contributed by atoms with Gasteiger partial charge >= 0.3 is 0 Å². The number of hydrogen-bond acceptors (Lipinski definition) is 2. The van der Waals surface area contributed by atoms with Crippen molar-refractivity contribution >= 4 is 5.91 Å². The van der Waals surface area contributed by atoms with Crippen molar-refractivity contribution in [3.05, 3.63) is 18.0 Å². The van der Waals surface area contributed by atoms with E-state index in [1.54, 1.807) is 0 Å². The van der Waals surface area contributed by atoms with Crippen LogP contribution >= 0.6 is 0 Å². The van der Waals surface area contributed by atoms with Crippen LogP contribution in [0.3, 0.4) is 0 Å². The predicted octanol–water partition coefficient (Wildman–Crippen LogP) is -0.121. The van der Waals surface area contributed by atoms with Crippen molar-refractivity contribution in [3.63, 3.8) is 0 Å². The smallest absolute Gasteiger partial charge is 0.217 e. The molecule has 0 heterocycles. The molecule has 0 aromatic heterocycles. The lowest BCUT2D eigenvalue weighted by Crippen LogP contribution is -2.11. The van der Waals surface area contributed by atoms with Crippen molar-refractivity contribution in [2.75, 3.05) is 0 Å². The molecule has 0 unspecified atom stereocenters. The summed E-state index contributed by atoms with van der Waals surface area (Å²) >= 11 is 0. The van der Waals surface area contributed by atoms with Gasteiger partial charge in [0.05, 0.1) is 5.70 Å². The normalized spacial score (nSPS) is 8.00. The number of amides is 1. The van der Waals surface area contributed by atoms with Crippen molar-refractivity contribution in [1.82, 2.24) is 0 Å². The highest BCUT2D eigenvalue weighted by Gasteiger charge is 1.93. The molecule has 0 fully saturated rings. The molecule has 0 aromatic carbocycles. The van der Waals surface area contributed by atoms with Crippen molar-refractivity contribution in [1.29, 1.82) is 0 Å². The Balaban J connectivity index is 3.52. The Labute approximate surface area is 54.0 Å². The average molecular weight is 126 g/mol. The number of rotatable bonds is 3. The Hall–Kier alpha value is -1.21. The Kier molecular flexibility index (Phi) is 3.25. The van der Waals surface area contributed by atoms with Gasteiger partial charge in [-0.3, -0.25) is 4.79 Å². The third-order valence-corrected chi connectivity index (χ3v) is 0.868. The maximum atomic E-state index is 10.1. The molecule has 0 rings (SSSR count). The summed E-state index contributed by atoms with van der Waals surface area (Å²) in [5, 5.41) is 0. The van der Waals surface area contributed by atoms with Crippen LogP contribution in [0.15, 0.2) is 18.0 Å². The van der Waals surface area contributed by atoms with E-state index in [4.69, 9.17) is 11.5 Å². The first-order valence-electron chi connectivity index (χ1n) is 2.59. The Bertz CT molecular complexity index is 156. The predicted molar refractivity (Wildman–Crippen MR) is 35.3 cm³/mol. The quantitative estimate of drug-likeness (QED) is 0.517. The molecule has 0 bridgehead atoms. The maximum absolute atomic E-state index is 10.1. The summed E-state index contributed by atoms with van der Waals surface area (Å²) in [5.74, 6) is -0.354. The molecule has 50 valence electrons. The summed E-state index contributed by atoms with van der Waals surface area (Å²) in [5.41, 5.74) is 13.0. The molecular weight excluding hydrogens is 116 g/mol. The molecule has 0 saturated carbocycles. The van der Waals surface area contributed by atoms with Gasteiger partial charge < -0.3 is 11.5 Å². The second-order valence-electron chi connectivity index (χ2n) is 1.67. The highest BCUT2D eigenvalue weighted by molar-refractivity contribution is 5.73. The van der Waals surface area contributed by atoms with Crippen molar-refractivity contribution in [2.45, 2.75) is 12.8 Å². The molecule has 0 saturated heterocycles. The standard InChI is InChI=1S/C6H10N2O/c1-2-5(7)3-4-6(8)9/h1,3-4,7H2,(H2,8,9). The van der Waals surface area contributed by atoms with Gasteiger partial charge in [-0.1, -0.05) is 6.58 Å². The van der Waals surface area contributed by atoms with Crippen LogP contribution in [0, 0.1) is 0 Å². The molecule has 0 spiro atoms. The van der Waals surface area contributed by atoms with E-state index in [0.29, 0.717) is 12.1 Å². The van der Waals surface area contributed by atoms with Crippen molar-refractivity contribution < 1.29 is 4.79 Å². The molecule has 0 aliphatic carbocycles. The molecule has 1 amide bonds. The van der Waals surface area contributed by atoms with Gasteiger partial charge in [0.15, 0.2) is 0 Å². The Morgan fingerprint density at radius 2 is 2.00 bits per heavy atom. The first-order valence-corrected chi connectivity index (χ1v) is 2.59. The van der Waals surface area contributed by atoms with Gasteiger partial charge in [-0.15, -0.1) is 5.73 Å². The second-order valence-corrected chi connectivity index (χ2v) is 1.67. The highest BCUT2D eigenvalue weighted by Crippen LogP contribution is 1.93. The van der Waals surface area contributed by atoms with E-state index >= 15 is 0 Å². The van der Waals surface area contributed by atoms with Crippen LogP contribution in [-0.4, -0.2) is 5.91 Å². The van der Waals surface area contributed by atoms with E-state index in [0.717, 1.165) is 0 Å². The van der Waals surface area contributed by atoms with E-state index in [1.165, 1.54) is 0 Å². The fourth-order valence-electron chi connectivity index (χ4n) is 0.346. The largest absolute Gasteiger partial charge is 0.396 e. The molecule has 4 N–H and O–H groups in total. The van der Waals surface area contributed by atoms with E-state index < -0.39 is 0 Å². The lowest BCUT2D eigenvalue weighted by atomic mass is 10.2. The van der Waals surface area contributed by atoms with Gasteiger partial charge in [0, 0.05) is 12.8 Å². The van der Waals surface area contributed by atoms with E-state index in [2.05, 4.69) is 12.3 Å². The van der Waals surface area contributed by atoms with Gasteiger partial charge in [0.1, 0.15) is 0 Å².